The summed E-state index contributed by atoms with van der Waals surface area (Å²) in [6, 6.07) is 0. The summed E-state index contributed by atoms with van der Waals surface area (Å²) < 4.78 is 9.74. The van der Waals surface area contributed by atoms with Crippen LogP contribution < -0.4 is 0 Å². The molecule has 0 bridgehead atoms. The van der Waals surface area contributed by atoms with Crippen molar-refractivity contribution in [3.63, 3.8) is 0 Å². The molecule has 4 heteroatoms. The Kier molecular flexibility index (Phi) is 4.60. The minimum absolute atomic E-state index is 0.358. The minimum atomic E-state index is -0.897. The van der Waals surface area contributed by atoms with E-state index < -0.39 is 5.72 Å². The molecule has 68 valence electrons. The molecule has 0 aliphatic heterocycles. The zero-order valence-electron chi connectivity index (χ0n) is 7.63. The third-order valence-corrected chi connectivity index (χ3v) is 1.34. The van der Waals surface area contributed by atoms with Gasteiger partial charge < -0.3 is 14.6 Å². The second-order valence-electron chi connectivity index (χ2n) is 2.87. The van der Waals surface area contributed by atoms with E-state index >= 15 is 0 Å². The summed E-state index contributed by atoms with van der Waals surface area (Å²) in [5.41, 5.74) is -0.897. The van der Waals surface area contributed by atoms with E-state index in [9.17, 15) is 5.11 Å². The Labute approximate surface area is 67.7 Å². The summed E-state index contributed by atoms with van der Waals surface area (Å²) in [5.74, 6) is 0. The molecule has 0 saturated carbocycles. The van der Waals surface area contributed by atoms with Crippen molar-refractivity contribution < 1.29 is 14.6 Å². The van der Waals surface area contributed by atoms with Gasteiger partial charge in [0.05, 0.1) is 0 Å². The zero-order valence-corrected chi connectivity index (χ0v) is 7.63. The fourth-order valence-corrected chi connectivity index (χ4v) is 0.665. The number of methoxy groups -OCH3 is 2. The first-order chi connectivity index (χ1) is 5.02. The van der Waals surface area contributed by atoms with Crippen molar-refractivity contribution in [2.45, 2.75) is 19.6 Å². The van der Waals surface area contributed by atoms with Gasteiger partial charge in [0.15, 0.2) is 0 Å². The van der Waals surface area contributed by atoms with Gasteiger partial charge in [-0.25, -0.2) is 4.90 Å². The van der Waals surface area contributed by atoms with E-state index in [0.717, 1.165) is 0 Å². The number of rotatable bonds is 5. The van der Waals surface area contributed by atoms with E-state index in [-0.39, 0.29) is 0 Å². The number of hydrogen-bond acceptors (Lipinski definition) is 4. The lowest BCUT2D eigenvalue weighted by atomic mass is 10.3. The van der Waals surface area contributed by atoms with Crippen molar-refractivity contribution in [3.05, 3.63) is 0 Å². The molecule has 0 radical (unpaired) electrons. The van der Waals surface area contributed by atoms with Gasteiger partial charge in [0.1, 0.15) is 19.2 Å². The van der Waals surface area contributed by atoms with Gasteiger partial charge in [-0.2, -0.15) is 0 Å². The van der Waals surface area contributed by atoms with Gasteiger partial charge in [-0.1, -0.05) is 0 Å². The second-order valence-corrected chi connectivity index (χ2v) is 2.87. The lowest BCUT2D eigenvalue weighted by Gasteiger charge is -2.32. The first kappa shape index (κ1) is 10.8. The zero-order chi connectivity index (χ0) is 8.91. The van der Waals surface area contributed by atoms with Crippen LogP contribution in [0.4, 0.5) is 0 Å². The highest BCUT2D eigenvalue weighted by atomic mass is 16.5. The monoisotopic (exact) mass is 163 g/mol. The van der Waals surface area contributed by atoms with Gasteiger partial charge in [-0.3, -0.25) is 0 Å². The van der Waals surface area contributed by atoms with E-state index in [0.29, 0.717) is 13.5 Å². The van der Waals surface area contributed by atoms with Crippen LogP contribution in [0.3, 0.4) is 0 Å². The van der Waals surface area contributed by atoms with Crippen LogP contribution in [0, 0.1) is 0 Å². The number of aliphatic hydroxyl groups is 1. The lowest BCUT2D eigenvalue weighted by molar-refractivity contribution is -0.158. The molecule has 0 amide bonds. The maximum atomic E-state index is 9.51. The highest BCUT2D eigenvalue weighted by molar-refractivity contribution is 4.62. The van der Waals surface area contributed by atoms with Gasteiger partial charge in [-0.05, 0) is 13.8 Å². The van der Waals surface area contributed by atoms with E-state index in [1.807, 2.05) is 0 Å². The Morgan fingerprint density at radius 1 is 1.18 bits per heavy atom. The van der Waals surface area contributed by atoms with Crippen molar-refractivity contribution >= 4 is 0 Å². The van der Waals surface area contributed by atoms with Crippen molar-refractivity contribution in [2.75, 3.05) is 27.7 Å². The van der Waals surface area contributed by atoms with Crippen molar-refractivity contribution in [2.24, 2.45) is 0 Å². The molecule has 0 spiro atoms. The second kappa shape index (κ2) is 4.66. The molecule has 0 aromatic heterocycles. The molecule has 11 heavy (non-hydrogen) atoms. The van der Waals surface area contributed by atoms with Crippen LogP contribution in [-0.2, 0) is 9.47 Å². The maximum Gasteiger partial charge on any atom is 0.116 e. The summed E-state index contributed by atoms with van der Waals surface area (Å²) in [4.78, 5) is 1.66. The highest BCUT2D eigenvalue weighted by Crippen LogP contribution is 2.08. The standard InChI is InChI=1S/C7H17NO3/c1-7(2,9)8(5-10-3)6-11-4/h9H,5-6H2,1-4H3. The van der Waals surface area contributed by atoms with Crippen molar-refractivity contribution in [3.8, 4) is 0 Å². The largest absolute Gasteiger partial charge is 0.376 e. The molecule has 0 atom stereocenters. The number of ether oxygens (including phenoxy) is 2. The Bertz CT molecular complexity index is 94.3. The molecule has 0 heterocycles. The molecule has 1 N–H and O–H groups in total. The molecular weight excluding hydrogens is 146 g/mol. The van der Waals surface area contributed by atoms with E-state index in [1.165, 1.54) is 0 Å². The van der Waals surface area contributed by atoms with E-state index in [2.05, 4.69) is 0 Å². The SMILES string of the molecule is COCN(COC)C(C)(C)O. The highest BCUT2D eigenvalue weighted by Gasteiger charge is 2.22. The summed E-state index contributed by atoms with van der Waals surface area (Å²) in [5, 5.41) is 9.51. The molecular formula is C7H17NO3. The van der Waals surface area contributed by atoms with Gasteiger partial charge in [0.2, 0.25) is 0 Å². The molecule has 0 aromatic rings. The smallest absolute Gasteiger partial charge is 0.116 e. The topological polar surface area (TPSA) is 41.9 Å². The molecule has 0 aromatic carbocycles. The quantitative estimate of drug-likeness (QED) is 0.589. The molecule has 0 rings (SSSR count). The first-order valence-corrected chi connectivity index (χ1v) is 3.47. The summed E-state index contributed by atoms with van der Waals surface area (Å²) in [7, 11) is 3.16. The van der Waals surface area contributed by atoms with Crippen molar-refractivity contribution in [1.82, 2.24) is 4.90 Å². The maximum absolute atomic E-state index is 9.51. The van der Waals surface area contributed by atoms with Crippen LogP contribution in [0.2, 0.25) is 0 Å². The molecule has 0 saturated heterocycles. The summed E-state index contributed by atoms with van der Waals surface area (Å²) in [6.45, 7) is 4.09. The van der Waals surface area contributed by atoms with Gasteiger partial charge >= 0.3 is 0 Å². The van der Waals surface area contributed by atoms with Crippen LogP contribution in [-0.4, -0.2) is 43.4 Å². The fourth-order valence-electron chi connectivity index (χ4n) is 0.665. The average Bonchev–Trinajstić information content (AvgIpc) is 1.85. The molecule has 0 aliphatic rings. The minimum Gasteiger partial charge on any atom is -0.376 e. The lowest BCUT2D eigenvalue weighted by Crippen LogP contribution is -2.45. The predicted octanol–water partition coefficient (Wildman–Crippen LogP) is 0.225. The normalized spacial score (nSPS) is 12.5. The fraction of sp³-hybridized carbons (Fsp3) is 1.00. The van der Waals surface area contributed by atoms with Gasteiger partial charge in [-0.15, -0.1) is 0 Å². The molecule has 4 nitrogen and oxygen atoms in total. The Hall–Kier alpha value is -0.160. The molecule has 0 fully saturated rings. The van der Waals surface area contributed by atoms with Crippen LogP contribution in [0.25, 0.3) is 0 Å². The van der Waals surface area contributed by atoms with Crippen LogP contribution >= 0.6 is 0 Å². The number of hydrogen-bond donors (Lipinski definition) is 1. The Balaban J connectivity index is 3.88. The van der Waals surface area contributed by atoms with E-state index in [4.69, 9.17) is 9.47 Å². The average molecular weight is 163 g/mol. The van der Waals surface area contributed by atoms with Crippen molar-refractivity contribution in [1.29, 1.82) is 0 Å². The molecule has 0 unspecified atom stereocenters. The third kappa shape index (κ3) is 4.31. The predicted molar refractivity (Wildman–Crippen MR) is 41.9 cm³/mol. The van der Waals surface area contributed by atoms with Crippen LogP contribution in [0.5, 0.6) is 0 Å². The van der Waals surface area contributed by atoms with Gasteiger partial charge in [0.25, 0.3) is 0 Å². The molecule has 0 aliphatic carbocycles. The Morgan fingerprint density at radius 2 is 1.55 bits per heavy atom. The summed E-state index contributed by atoms with van der Waals surface area (Å²) in [6.07, 6.45) is 0. The first-order valence-electron chi connectivity index (χ1n) is 3.47. The Morgan fingerprint density at radius 3 is 1.73 bits per heavy atom. The van der Waals surface area contributed by atoms with Crippen LogP contribution in [0.15, 0.2) is 0 Å². The number of nitrogens with zero attached hydrogens (tertiary/aromatic N) is 1. The van der Waals surface area contributed by atoms with Gasteiger partial charge in [0, 0.05) is 14.2 Å². The summed E-state index contributed by atoms with van der Waals surface area (Å²) >= 11 is 0. The van der Waals surface area contributed by atoms with E-state index in [1.54, 1.807) is 33.0 Å². The third-order valence-electron chi connectivity index (χ3n) is 1.34. The van der Waals surface area contributed by atoms with Crippen LogP contribution in [0.1, 0.15) is 13.8 Å².